The van der Waals surface area contributed by atoms with Crippen LogP contribution in [-0.2, 0) is 9.84 Å². The third kappa shape index (κ3) is 4.02. The van der Waals surface area contributed by atoms with Crippen molar-refractivity contribution in [2.75, 3.05) is 6.26 Å². The lowest BCUT2D eigenvalue weighted by atomic mass is 10.2. The minimum atomic E-state index is -3.63. The predicted octanol–water partition coefficient (Wildman–Crippen LogP) is 4.16. The van der Waals surface area contributed by atoms with Gasteiger partial charge in [-0.25, -0.2) is 13.4 Å². The second-order valence-corrected chi connectivity index (χ2v) is 10.1. The zero-order valence-electron chi connectivity index (χ0n) is 17.1. The van der Waals surface area contributed by atoms with E-state index in [0.29, 0.717) is 16.6 Å². The first kappa shape index (κ1) is 21.7. The fourth-order valence-corrected chi connectivity index (χ4v) is 4.89. The van der Waals surface area contributed by atoms with E-state index in [9.17, 15) is 23.3 Å². The summed E-state index contributed by atoms with van der Waals surface area (Å²) in [5.41, 5.74) is 1.21. The number of nitrogens with zero attached hydrogens (tertiary/aromatic N) is 3. The Balaban J connectivity index is 1.98. The van der Waals surface area contributed by atoms with Crippen LogP contribution in [0, 0.1) is 17.0 Å². The van der Waals surface area contributed by atoms with E-state index in [4.69, 9.17) is 0 Å². The number of hydrogen-bond donors (Lipinski definition) is 0. The number of benzene rings is 3. The zero-order valence-corrected chi connectivity index (χ0v) is 18.7. The molecule has 0 N–H and O–H groups in total. The molecule has 0 aliphatic carbocycles. The van der Waals surface area contributed by atoms with Gasteiger partial charge in [-0.3, -0.25) is 19.5 Å². The molecule has 32 heavy (non-hydrogen) atoms. The summed E-state index contributed by atoms with van der Waals surface area (Å²) in [5, 5.41) is 12.3. The average Bonchev–Trinajstić information content (AvgIpc) is 2.74. The van der Waals surface area contributed by atoms with Crippen LogP contribution in [0.4, 0.5) is 5.69 Å². The quantitative estimate of drug-likeness (QED) is 0.246. The molecule has 4 rings (SSSR count). The van der Waals surface area contributed by atoms with Crippen molar-refractivity contribution in [2.24, 2.45) is 0 Å². The molecule has 4 aromatic rings. The summed E-state index contributed by atoms with van der Waals surface area (Å²) in [5.74, 6) is 0. The summed E-state index contributed by atoms with van der Waals surface area (Å²) in [7, 11) is -3.63. The largest absolute Gasteiger partial charge is 0.284 e. The number of hydrogen-bond acceptors (Lipinski definition) is 7. The highest BCUT2D eigenvalue weighted by Crippen LogP contribution is 2.36. The molecular weight excluding hydrogens is 450 g/mol. The molecule has 0 aliphatic rings. The van der Waals surface area contributed by atoms with Crippen molar-refractivity contribution in [3.63, 3.8) is 0 Å². The third-order valence-electron chi connectivity index (χ3n) is 4.86. The summed E-state index contributed by atoms with van der Waals surface area (Å²) >= 11 is 0.936. The van der Waals surface area contributed by atoms with Crippen LogP contribution in [0.1, 0.15) is 5.56 Å². The molecule has 0 saturated carbocycles. The van der Waals surface area contributed by atoms with Gasteiger partial charge in [0.25, 0.3) is 11.2 Å². The number of aromatic nitrogens is 2. The molecule has 0 saturated heterocycles. The van der Waals surface area contributed by atoms with Crippen LogP contribution in [-0.4, -0.2) is 29.1 Å². The first-order valence-corrected chi connectivity index (χ1v) is 12.1. The van der Waals surface area contributed by atoms with Crippen LogP contribution in [0.5, 0.6) is 0 Å². The SMILES string of the molecule is Cc1ccccc1-n1c(Sc2ccc(S(C)(=O)=O)cc2[N+](=O)[O-])nc2ccccc2c1=O. The molecule has 0 bridgehead atoms. The first-order valence-electron chi connectivity index (χ1n) is 9.41. The Morgan fingerprint density at radius 2 is 1.72 bits per heavy atom. The molecule has 0 fully saturated rings. The molecule has 1 heterocycles. The Morgan fingerprint density at radius 1 is 1.03 bits per heavy atom. The summed E-state index contributed by atoms with van der Waals surface area (Å²) in [4.78, 5) is 29.1. The smallest absolute Gasteiger partial charge is 0.268 e. The van der Waals surface area contributed by atoms with Crippen molar-refractivity contribution in [3.05, 3.63) is 92.8 Å². The van der Waals surface area contributed by atoms with E-state index in [-0.39, 0.29) is 26.2 Å². The van der Waals surface area contributed by atoms with Crippen LogP contribution < -0.4 is 5.56 Å². The normalized spacial score (nSPS) is 11.6. The topological polar surface area (TPSA) is 112 Å². The van der Waals surface area contributed by atoms with E-state index < -0.39 is 14.8 Å². The Bertz CT molecular complexity index is 1550. The molecule has 3 aromatic carbocycles. The number of sulfone groups is 1. The number of nitro benzene ring substituents is 1. The number of nitro groups is 1. The second kappa shape index (κ2) is 8.21. The van der Waals surface area contributed by atoms with Gasteiger partial charge in [-0.05, 0) is 54.6 Å². The van der Waals surface area contributed by atoms with Crippen LogP contribution in [0.15, 0.2) is 86.5 Å². The molecular formula is C22H17N3O5S2. The van der Waals surface area contributed by atoms with Gasteiger partial charge in [0.1, 0.15) is 0 Å². The summed E-state index contributed by atoms with van der Waals surface area (Å²) in [6.07, 6.45) is 0.986. The van der Waals surface area contributed by atoms with Crippen LogP contribution >= 0.6 is 11.8 Å². The van der Waals surface area contributed by atoms with Crippen LogP contribution in [0.25, 0.3) is 16.6 Å². The minimum Gasteiger partial charge on any atom is -0.268 e. The minimum absolute atomic E-state index is 0.156. The molecule has 0 atom stereocenters. The van der Waals surface area contributed by atoms with E-state index in [1.807, 2.05) is 19.1 Å². The number of fused-ring (bicyclic) bond motifs is 1. The van der Waals surface area contributed by atoms with Crippen molar-refractivity contribution in [3.8, 4) is 5.69 Å². The van der Waals surface area contributed by atoms with Gasteiger partial charge < -0.3 is 0 Å². The summed E-state index contributed by atoms with van der Waals surface area (Å²) < 4.78 is 25.1. The van der Waals surface area contributed by atoms with Gasteiger partial charge in [0.15, 0.2) is 15.0 Å². The average molecular weight is 468 g/mol. The highest BCUT2D eigenvalue weighted by atomic mass is 32.2. The fourth-order valence-electron chi connectivity index (χ4n) is 3.26. The molecule has 1 aromatic heterocycles. The molecule has 0 spiro atoms. The van der Waals surface area contributed by atoms with Crippen molar-refractivity contribution < 1.29 is 13.3 Å². The lowest BCUT2D eigenvalue weighted by Gasteiger charge is -2.15. The van der Waals surface area contributed by atoms with E-state index in [1.165, 1.54) is 16.7 Å². The number of rotatable bonds is 5. The van der Waals surface area contributed by atoms with Gasteiger partial charge in [0.05, 0.1) is 31.3 Å². The molecule has 162 valence electrons. The summed E-state index contributed by atoms with van der Waals surface area (Å²) in [6, 6.07) is 17.8. The van der Waals surface area contributed by atoms with E-state index >= 15 is 0 Å². The van der Waals surface area contributed by atoms with Gasteiger partial charge >= 0.3 is 0 Å². The zero-order chi connectivity index (χ0) is 23.0. The number of aryl methyl sites for hydroxylation is 1. The van der Waals surface area contributed by atoms with Gasteiger partial charge in [-0.15, -0.1) is 0 Å². The highest BCUT2D eigenvalue weighted by molar-refractivity contribution is 7.99. The third-order valence-corrected chi connectivity index (χ3v) is 6.99. The van der Waals surface area contributed by atoms with Crippen molar-refractivity contribution in [1.29, 1.82) is 0 Å². The van der Waals surface area contributed by atoms with E-state index in [2.05, 4.69) is 4.98 Å². The van der Waals surface area contributed by atoms with Gasteiger partial charge in [0.2, 0.25) is 0 Å². The van der Waals surface area contributed by atoms with E-state index in [0.717, 1.165) is 29.6 Å². The lowest BCUT2D eigenvalue weighted by molar-refractivity contribution is -0.388. The second-order valence-electron chi connectivity index (χ2n) is 7.10. The molecule has 10 heteroatoms. The van der Waals surface area contributed by atoms with E-state index in [1.54, 1.807) is 36.4 Å². The Hall–Kier alpha value is -3.50. The molecule has 0 radical (unpaired) electrons. The van der Waals surface area contributed by atoms with Crippen LogP contribution in [0.3, 0.4) is 0 Å². The first-order chi connectivity index (χ1) is 15.2. The summed E-state index contributed by atoms with van der Waals surface area (Å²) in [6.45, 7) is 1.86. The molecule has 0 aliphatic heterocycles. The Labute approximate surface area is 187 Å². The Morgan fingerprint density at radius 3 is 2.41 bits per heavy atom. The molecule has 8 nitrogen and oxygen atoms in total. The fraction of sp³-hybridized carbons (Fsp3) is 0.0909. The predicted molar refractivity (Wildman–Crippen MR) is 122 cm³/mol. The van der Waals surface area contributed by atoms with Gasteiger partial charge in [-0.2, -0.15) is 0 Å². The Kier molecular flexibility index (Phi) is 5.57. The maximum Gasteiger partial charge on any atom is 0.284 e. The van der Waals surface area contributed by atoms with Crippen molar-refractivity contribution in [1.82, 2.24) is 9.55 Å². The molecule has 0 unspecified atom stereocenters. The maximum atomic E-state index is 13.4. The monoisotopic (exact) mass is 467 g/mol. The molecule has 0 amide bonds. The lowest BCUT2D eigenvalue weighted by Crippen LogP contribution is -2.22. The van der Waals surface area contributed by atoms with Gasteiger partial charge in [-0.1, -0.05) is 30.3 Å². The maximum absolute atomic E-state index is 13.4. The number of para-hydroxylation sites is 2. The van der Waals surface area contributed by atoms with Crippen molar-refractivity contribution in [2.45, 2.75) is 21.9 Å². The van der Waals surface area contributed by atoms with Crippen LogP contribution in [0.2, 0.25) is 0 Å². The van der Waals surface area contributed by atoms with Gasteiger partial charge in [0, 0.05) is 12.3 Å². The highest BCUT2D eigenvalue weighted by Gasteiger charge is 2.22. The van der Waals surface area contributed by atoms with Crippen molar-refractivity contribution >= 4 is 38.2 Å². The standard InChI is InChI=1S/C22H17N3O5S2/c1-14-7-3-6-10-18(14)24-21(26)16-8-4-5-9-17(16)23-22(24)31-20-12-11-15(32(2,29)30)13-19(20)25(27)28/h3-13H,1-2H3.